The molecule has 0 saturated carbocycles. The number of aromatic carboxylic acids is 1. The van der Waals surface area contributed by atoms with Crippen LogP contribution in [0.1, 0.15) is 23.2 Å². The highest BCUT2D eigenvalue weighted by Gasteiger charge is 2.19. The number of benzene rings is 1. The average Bonchev–Trinajstić information content (AvgIpc) is 2.41. The first kappa shape index (κ1) is 14.5. The predicted octanol–water partition coefficient (Wildman–Crippen LogP) is 0.746. The van der Waals surface area contributed by atoms with Crippen molar-refractivity contribution in [3.63, 3.8) is 0 Å². The maximum atomic E-state index is 12.0. The lowest BCUT2D eigenvalue weighted by molar-refractivity contribution is -0.117. The standard InChI is InChI=1S/C14H19N3O3/c15-10-5-7-17(8-6-10)9-13(18)16-12-4-2-1-3-11(12)14(19)20/h1-4,10H,5-9,15H2,(H,16,18)(H,19,20). The van der Waals surface area contributed by atoms with Gasteiger partial charge in [-0.1, -0.05) is 12.1 Å². The number of nitrogens with one attached hydrogen (secondary N) is 1. The average molecular weight is 277 g/mol. The van der Waals surface area contributed by atoms with Crippen LogP contribution in [-0.4, -0.2) is 47.6 Å². The summed E-state index contributed by atoms with van der Waals surface area (Å²) in [5, 5.41) is 11.7. The molecule has 6 nitrogen and oxygen atoms in total. The first-order valence-corrected chi connectivity index (χ1v) is 6.66. The zero-order valence-corrected chi connectivity index (χ0v) is 11.2. The van der Waals surface area contributed by atoms with E-state index in [0.29, 0.717) is 5.69 Å². The minimum atomic E-state index is -1.05. The summed E-state index contributed by atoms with van der Waals surface area (Å²) in [7, 11) is 0. The van der Waals surface area contributed by atoms with Crippen molar-refractivity contribution < 1.29 is 14.7 Å². The number of rotatable bonds is 4. The Kier molecular flexibility index (Phi) is 4.70. The lowest BCUT2D eigenvalue weighted by Crippen LogP contribution is -2.43. The van der Waals surface area contributed by atoms with Crippen molar-refractivity contribution in [3.8, 4) is 0 Å². The number of amides is 1. The fourth-order valence-corrected chi connectivity index (χ4v) is 2.28. The van der Waals surface area contributed by atoms with Gasteiger partial charge >= 0.3 is 5.97 Å². The van der Waals surface area contributed by atoms with Crippen molar-refractivity contribution in [2.24, 2.45) is 5.73 Å². The van der Waals surface area contributed by atoms with E-state index in [4.69, 9.17) is 10.8 Å². The number of hydrogen-bond acceptors (Lipinski definition) is 4. The minimum Gasteiger partial charge on any atom is -0.478 e. The second kappa shape index (κ2) is 6.49. The molecule has 0 aromatic heterocycles. The van der Waals surface area contributed by atoms with Crippen molar-refractivity contribution in [2.75, 3.05) is 25.0 Å². The summed E-state index contributed by atoms with van der Waals surface area (Å²) in [5.41, 5.74) is 6.24. The van der Waals surface area contributed by atoms with Gasteiger partial charge in [0.05, 0.1) is 17.8 Å². The Hall–Kier alpha value is -1.92. The van der Waals surface area contributed by atoms with Crippen LogP contribution in [0.2, 0.25) is 0 Å². The number of piperidine rings is 1. The molecule has 2 rings (SSSR count). The van der Waals surface area contributed by atoms with Gasteiger partial charge < -0.3 is 16.2 Å². The molecular formula is C14H19N3O3. The molecule has 1 aliphatic rings. The molecule has 0 atom stereocenters. The first-order chi connectivity index (χ1) is 9.56. The number of carboxylic acids is 1. The molecule has 0 unspecified atom stereocenters. The molecule has 1 amide bonds. The molecule has 1 fully saturated rings. The van der Waals surface area contributed by atoms with Gasteiger partial charge in [0.15, 0.2) is 0 Å². The van der Waals surface area contributed by atoms with Crippen LogP contribution >= 0.6 is 0 Å². The highest BCUT2D eigenvalue weighted by molar-refractivity contribution is 6.01. The Labute approximate surface area is 117 Å². The van der Waals surface area contributed by atoms with Crippen molar-refractivity contribution in [1.29, 1.82) is 0 Å². The molecule has 1 aromatic rings. The Balaban J connectivity index is 1.93. The van der Waals surface area contributed by atoms with E-state index in [0.717, 1.165) is 25.9 Å². The van der Waals surface area contributed by atoms with E-state index >= 15 is 0 Å². The van der Waals surface area contributed by atoms with Crippen LogP contribution in [0.4, 0.5) is 5.69 Å². The monoisotopic (exact) mass is 277 g/mol. The highest BCUT2D eigenvalue weighted by Crippen LogP contribution is 2.15. The Bertz CT molecular complexity index is 496. The second-order valence-electron chi connectivity index (χ2n) is 5.01. The van der Waals surface area contributed by atoms with Gasteiger partial charge in [0.1, 0.15) is 0 Å². The number of likely N-dealkylation sites (tertiary alicyclic amines) is 1. The zero-order valence-electron chi connectivity index (χ0n) is 11.2. The third-order valence-electron chi connectivity index (χ3n) is 3.43. The van der Waals surface area contributed by atoms with Crippen LogP contribution in [0.5, 0.6) is 0 Å². The van der Waals surface area contributed by atoms with Crippen LogP contribution in [0, 0.1) is 0 Å². The van der Waals surface area contributed by atoms with Gasteiger partial charge in [-0.25, -0.2) is 4.79 Å². The summed E-state index contributed by atoms with van der Waals surface area (Å²) >= 11 is 0. The molecule has 20 heavy (non-hydrogen) atoms. The fraction of sp³-hybridized carbons (Fsp3) is 0.429. The number of para-hydroxylation sites is 1. The van der Waals surface area contributed by atoms with E-state index in [1.54, 1.807) is 18.2 Å². The van der Waals surface area contributed by atoms with Crippen molar-refractivity contribution in [2.45, 2.75) is 18.9 Å². The maximum absolute atomic E-state index is 12.0. The second-order valence-corrected chi connectivity index (χ2v) is 5.01. The number of hydrogen-bond donors (Lipinski definition) is 3. The van der Waals surface area contributed by atoms with Crippen LogP contribution in [-0.2, 0) is 4.79 Å². The van der Waals surface area contributed by atoms with Gasteiger partial charge in [0, 0.05) is 19.1 Å². The summed E-state index contributed by atoms with van der Waals surface area (Å²) in [4.78, 5) is 25.0. The third-order valence-corrected chi connectivity index (χ3v) is 3.43. The smallest absolute Gasteiger partial charge is 0.337 e. The molecular weight excluding hydrogens is 258 g/mol. The molecule has 6 heteroatoms. The number of nitrogens with zero attached hydrogens (tertiary/aromatic N) is 1. The predicted molar refractivity (Wildman–Crippen MR) is 75.7 cm³/mol. The molecule has 0 aliphatic carbocycles. The lowest BCUT2D eigenvalue weighted by atomic mass is 10.1. The summed E-state index contributed by atoms with van der Waals surface area (Å²) in [6.45, 7) is 1.87. The summed E-state index contributed by atoms with van der Waals surface area (Å²) in [6, 6.07) is 6.61. The first-order valence-electron chi connectivity index (χ1n) is 6.66. The van der Waals surface area contributed by atoms with Crippen LogP contribution < -0.4 is 11.1 Å². The molecule has 4 N–H and O–H groups in total. The van der Waals surface area contributed by atoms with Gasteiger partial charge in [-0.3, -0.25) is 9.69 Å². The lowest BCUT2D eigenvalue weighted by Gasteiger charge is -2.29. The zero-order chi connectivity index (χ0) is 14.5. The SMILES string of the molecule is NC1CCN(CC(=O)Nc2ccccc2C(=O)O)CC1. The molecule has 1 heterocycles. The quantitative estimate of drug-likeness (QED) is 0.754. The summed E-state index contributed by atoms with van der Waals surface area (Å²) < 4.78 is 0. The topological polar surface area (TPSA) is 95.7 Å². The number of anilines is 1. The van der Waals surface area contributed by atoms with Crippen LogP contribution in [0.3, 0.4) is 0 Å². The highest BCUT2D eigenvalue weighted by atomic mass is 16.4. The Morgan fingerprint density at radius 3 is 2.60 bits per heavy atom. The largest absolute Gasteiger partial charge is 0.478 e. The molecule has 0 spiro atoms. The van der Waals surface area contributed by atoms with E-state index in [1.165, 1.54) is 6.07 Å². The van der Waals surface area contributed by atoms with Crippen molar-refractivity contribution in [3.05, 3.63) is 29.8 Å². The normalized spacial score (nSPS) is 16.9. The number of carboxylic acid groups (broad SMARTS) is 1. The molecule has 0 radical (unpaired) electrons. The molecule has 1 aliphatic heterocycles. The fourth-order valence-electron chi connectivity index (χ4n) is 2.28. The van der Waals surface area contributed by atoms with Gasteiger partial charge in [-0.2, -0.15) is 0 Å². The van der Waals surface area contributed by atoms with Crippen molar-refractivity contribution >= 4 is 17.6 Å². The van der Waals surface area contributed by atoms with Crippen LogP contribution in [0.15, 0.2) is 24.3 Å². The molecule has 1 aromatic carbocycles. The van der Waals surface area contributed by atoms with E-state index in [9.17, 15) is 9.59 Å². The summed E-state index contributed by atoms with van der Waals surface area (Å²) in [5.74, 6) is -1.25. The van der Waals surface area contributed by atoms with E-state index in [-0.39, 0.29) is 24.1 Å². The third kappa shape index (κ3) is 3.79. The number of carbonyl (C=O) groups excluding carboxylic acids is 1. The maximum Gasteiger partial charge on any atom is 0.337 e. The Morgan fingerprint density at radius 1 is 1.30 bits per heavy atom. The molecule has 108 valence electrons. The van der Waals surface area contributed by atoms with Crippen molar-refractivity contribution in [1.82, 2.24) is 4.90 Å². The number of nitrogens with two attached hydrogens (primary N) is 1. The van der Waals surface area contributed by atoms with E-state index < -0.39 is 5.97 Å². The van der Waals surface area contributed by atoms with Gasteiger partial charge in [0.25, 0.3) is 0 Å². The van der Waals surface area contributed by atoms with Crippen LogP contribution in [0.25, 0.3) is 0 Å². The van der Waals surface area contributed by atoms with Gasteiger partial charge in [-0.15, -0.1) is 0 Å². The Morgan fingerprint density at radius 2 is 1.95 bits per heavy atom. The van der Waals surface area contributed by atoms with Gasteiger partial charge in [-0.05, 0) is 25.0 Å². The molecule has 1 saturated heterocycles. The minimum absolute atomic E-state index is 0.0986. The van der Waals surface area contributed by atoms with E-state index in [2.05, 4.69) is 5.32 Å². The van der Waals surface area contributed by atoms with Gasteiger partial charge in [0.2, 0.25) is 5.91 Å². The van der Waals surface area contributed by atoms with E-state index in [1.807, 2.05) is 4.90 Å². The number of carbonyl (C=O) groups is 2. The molecule has 0 bridgehead atoms. The summed E-state index contributed by atoms with van der Waals surface area (Å²) in [6.07, 6.45) is 1.78.